The van der Waals surface area contributed by atoms with Gasteiger partial charge in [0, 0.05) is 14.1 Å². The standard InChI is InChI=1S/C20H19F3N4OS/c1-26(16(28)13-29-19-25-24-18(27(19)2)20(21,22)23)17(14-9-5-3-6-10-14)15-11-7-4-8-12-15/h3-12,17H,13H2,1-2H3. The minimum Gasteiger partial charge on any atom is -0.334 e. The maximum atomic E-state index is 12.9. The Morgan fingerprint density at radius 2 is 1.55 bits per heavy atom. The Kier molecular flexibility index (Phi) is 6.26. The summed E-state index contributed by atoms with van der Waals surface area (Å²) in [5, 5.41) is 6.78. The van der Waals surface area contributed by atoms with Gasteiger partial charge in [-0.05, 0) is 11.1 Å². The molecule has 0 saturated carbocycles. The van der Waals surface area contributed by atoms with Crippen molar-refractivity contribution >= 4 is 17.7 Å². The molecule has 9 heteroatoms. The summed E-state index contributed by atoms with van der Waals surface area (Å²) in [7, 11) is 2.92. The van der Waals surface area contributed by atoms with E-state index >= 15 is 0 Å². The molecule has 0 aliphatic carbocycles. The van der Waals surface area contributed by atoms with Gasteiger partial charge in [-0.2, -0.15) is 13.2 Å². The summed E-state index contributed by atoms with van der Waals surface area (Å²) in [6, 6.07) is 18.8. The molecule has 29 heavy (non-hydrogen) atoms. The normalized spacial score (nSPS) is 11.7. The van der Waals surface area contributed by atoms with E-state index in [9.17, 15) is 18.0 Å². The van der Waals surface area contributed by atoms with Crippen LogP contribution in [0.4, 0.5) is 13.2 Å². The van der Waals surface area contributed by atoms with Crippen molar-refractivity contribution in [3.8, 4) is 0 Å². The molecule has 0 atom stereocenters. The van der Waals surface area contributed by atoms with Gasteiger partial charge in [0.2, 0.25) is 11.7 Å². The van der Waals surface area contributed by atoms with Crippen molar-refractivity contribution in [2.75, 3.05) is 12.8 Å². The van der Waals surface area contributed by atoms with E-state index in [-0.39, 0.29) is 22.9 Å². The highest BCUT2D eigenvalue weighted by molar-refractivity contribution is 7.99. The van der Waals surface area contributed by atoms with Crippen molar-refractivity contribution in [2.24, 2.45) is 7.05 Å². The molecule has 0 bridgehead atoms. The number of carbonyl (C=O) groups is 1. The van der Waals surface area contributed by atoms with Gasteiger partial charge in [0.25, 0.3) is 0 Å². The third-order valence-electron chi connectivity index (χ3n) is 4.42. The Morgan fingerprint density at radius 1 is 1.03 bits per heavy atom. The fraction of sp³-hybridized carbons (Fsp3) is 0.250. The second-order valence-corrected chi connectivity index (χ2v) is 7.32. The van der Waals surface area contributed by atoms with Crippen LogP contribution in [0.25, 0.3) is 0 Å². The van der Waals surface area contributed by atoms with Gasteiger partial charge in [-0.15, -0.1) is 10.2 Å². The van der Waals surface area contributed by atoms with Gasteiger partial charge < -0.3 is 9.47 Å². The summed E-state index contributed by atoms with van der Waals surface area (Å²) >= 11 is 0.926. The fourth-order valence-corrected chi connectivity index (χ4v) is 3.80. The van der Waals surface area contributed by atoms with Crippen LogP contribution in [-0.4, -0.2) is 38.4 Å². The average Bonchev–Trinajstić information content (AvgIpc) is 3.08. The Bertz CT molecular complexity index is 921. The van der Waals surface area contributed by atoms with Crippen LogP contribution in [-0.2, 0) is 18.0 Å². The minimum atomic E-state index is -4.59. The SMILES string of the molecule is CN(C(=O)CSc1nnc(C(F)(F)F)n1C)C(c1ccccc1)c1ccccc1. The minimum absolute atomic E-state index is 0.0371. The first-order valence-electron chi connectivity index (χ1n) is 8.74. The number of hydrogen-bond donors (Lipinski definition) is 0. The van der Waals surface area contributed by atoms with Gasteiger partial charge in [0.15, 0.2) is 5.16 Å². The van der Waals surface area contributed by atoms with Crippen LogP contribution in [0.2, 0.25) is 0 Å². The molecule has 0 radical (unpaired) electrons. The number of thioether (sulfide) groups is 1. The smallest absolute Gasteiger partial charge is 0.334 e. The van der Waals surface area contributed by atoms with Gasteiger partial charge in [-0.1, -0.05) is 72.4 Å². The molecule has 1 heterocycles. The number of nitrogens with zero attached hydrogens (tertiary/aromatic N) is 4. The highest BCUT2D eigenvalue weighted by atomic mass is 32.2. The zero-order valence-electron chi connectivity index (χ0n) is 15.8. The van der Waals surface area contributed by atoms with Gasteiger partial charge in [0.1, 0.15) is 0 Å². The van der Waals surface area contributed by atoms with E-state index < -0.39 is 12.0 Å². The number of alkyl halides is 3. The van der Waals surface area contributed by atoms with Crippen molar-refractivity contribution in [3.05, 3.63) is 77.6 Å². The van der Waals surface area contributed by atoms with E-state index in [4.69, 9.17) is 0 Å². The van der Waals surface area contributed by atoms with E-state index in [0.29, 0.717) is 0 Å². The first kappa shape index (κ1) is 20.9. The first-order chi connectivity index (χ1) is 13.8. The molecule has 0 spiro atoms. The molecule has 0 aliphatic rings. The summed E-state index contributed by atoms with van der Waals surface area (Å²) in [6.45, 7) is 0. The quantitative estimate of drug-likeness (QED) is 0.562. The Hall–Kier alpha value is -2.81. The molecule has 0 unspecified atom stereocenters. The fourth-order valence-electron chi connectivity index (χ4n) is 2.97. The molecular formula is C20H19F3N4OS. The van der Waals surface area contributed by atoms with Crippen molar-refractivity contribution in [1.82, 2.24) is 19.7 Å². The third-order valence-corrected chi connectivity index (χ3v) is 5.43. The molecule has 1 aromatic heterocycles. The highest BCUT2D eigenvalue weighted by Gasteiger charge is 2.37. The zero-order chi connectivity index (χ0) is 21.0. The van der Waals surface area contributed by atoms with Crippen LogP contribution < -0.4 is 0 Å². The monoisotopic (exact) mass is 420 g/mol. The van der Waals surface area contributed by atoms with Crippen LogP contribution in [0.15, 0.2) is 65.8 Å². The van der Waals surface area contributed by atoms with Crippen LogP contribution in [0.1, 0.15) is 23.0 Å². The third kappa shape index (κ3) is 4.79. The number of amides is 1. The molecule has 3 aromatic rings. The molecule has 2 aromatic carbocycles. The Balaban J connectivity index is 1.78. The maximum absolute atomic E-state index is 12.9. The van der Waals surface area contributed by atoms with E-state index in [1.54, 1.807) is 11.9 Å². The number of halogens is 3. The molecule has 0 N–H and O–H groups in total. The van der Waals surface area contributed by atoms with Gasteiger partial charge in [-0.3, -0.25) is 4.79 Å². The predicted octanol–water partition coefficient (Wildman–Crippen LogP) is 4.17. The van der Waals surface area contributed by atoms with Crippen LogP contribution in [0, 0.1) is 0 Å². The van der Waals surface area contributed by atoms with E-state index in [0.717, 1.165) is 27.5 Å². The molecule has 152 valence electrons. The summed E-state index contributed by atoms with van der Waals surface area (Å²) in [4.78, 5) is 14.4. The number of carbonyl (C=O) groups excluding carboxylic acids is 1. The van der Waals surface area contributed by atoms with E-state index in [1.165, 1.54) is 7.05 Å². The van der Waals surface area contributed by atoms with Crippen molar-refractivity contribution in [2.45, 2.75) is 17.4 Å². The molecule has 0 saturated heterocycles. The molecule has 0 aliphatic heterocycles. The summed E-state index contributed by atoms with van der Waals surface area (Å²) in [5.74, 6) is -1.38. The van der Waals surface area contributed by atoms with Crippen LogP contribution in [0.5, 0.6) is 0 Å². The molecule has 5 nitrogen and oxygen atoms in total. The number of benzene rings is 2. The average molecular weight is 420 g/mol. The largest absolute Gasteiger partial charge is 0.451 e. The number of aromatic nitrogens is 3. The predicted molar refractivity (Wildman–Crippen MR) is 104 cm³/mol. The van der Waals surface area contributed by atoms with Gasteiger partial charge >= 0.3 is 6.18 Å². The Labute approximate surface area is 170 Å². The van der Waals surface area contributed by atoms with Crippen LogP contribution in [0.3, 0.4) is 0 Å². The van der Waals surface area contributed by atoms with Crippen molar-refractivity contribution in [3.63, 3.8) is 0 Å². The lowest BCUT2D eigenvalue weighted by molar-refractivity contribution is -0.147. The van der Waals surface area contributed by atoms with Crippen molar-refractivity contribution in [1.29, 1.82) is 0 Å². The van der Waals surface area contributed by atoms with Crippen molar-refractivity contribution < 1.29 is 18.0 Å². The topological polar surface area (TPSA) is 51.0 Å². The number of rotatable bonds is 6. The molecule has 3 rings (SSSR count). The Morgan fingerprint density at radius 3 is 2.00 bits per heavy atom. The molecule has 1 amide bonds. The summed E-state index contributed by atoms with van der Waals surface area (Å²) in [6.07, 6.45) is -4.59. The second kappa shape index (κ2) is 8.69. The first-order valence-corrected chi connectivity index (χ1v) is 9.72. The van der Waals surface area contributed by atoms with Crippen LogP contribution >= 0.6 is 11.8 Å². The zero-order valence-corrected chi connectivity index (χ0v) is 16.6. The highest BCUT2D eigenvalue weighted by Crippen LogP contribution is 2.31. The lowest BCUT2D eigenvalue weighted by Gasteiger charge is -2.29. The van der Waals surface area contributed by atoms with E-state index in [2.05, 4.69) is 10.2 Å². The van der Waals surface area contributed by atoms with Gasteiger partial charge in [0.05, 0.1) is 11.8 Å². The second-order valence-electron chi connectivity index (χ2n) is 6.38. The van der Waals surface area contributed by atoms with E-state index in [1.807, 2.05) is 60.7 Å². The lowest BCUT2D eigenvalue weighted by atomic mass is 9.97. The van der Waals surface area contributed by atoms with Gasteiger partial charge in [-0.25, -0.2) is 0 Å². The number of hydrogen-bond acceptors (Lipinski definition) is 4. The summed E-state index contributed by atoms with van der Waals surface area (Å²) < 4.78 is 39.4. The lowest BCUT2D eigenvalue weighted by Crippen LogP contribution is -2.33. The maximum Gasteiger partial charge on any atom is 0.451 e. The molecular weight excluding hydrogens is 401 g/mol. The summed E-state index contributed by atoms with van der Waals surface area (Å²) in [5.41, 5.74) is 1.88. The molecule has 0 fully saturated rings.